The third-order valence-electron chi connectivity index (χ3n) is 4.42. The molecule has 0 unspecified atom stereocenters. The van der Waals surface area contributed by atoms with E-state index < -0.39 is 0 Å². The van der Waals surface area contributed by atoms with Crippen LogP contribution in [0.15, 0.2) is 65.1 Å². The van der Waals surface area contributed by atoms with Gasteiger partial charge >= 0.3 is 0 Å². The molecule has 0 aliphatic carbocycles. The van der Waals surface area contributed by atoms with Gasteiger partial charge in [0.2, 0.25) is 0 Å². The maximum absolute atomic E-state index is 5.99. The van der Waals surface area contributed by atoms with E-state index >= 15 is 0 Å². The minimum atomic E-state index is 0.428. The van der Waals surface area contributed by atoms with Gasteiger partial charge in [-0.15, -0.1) is 0 Å². The Morgan fingerprint density at radius 2 is 1.59 bits per heavy atom. The van der Waals surface area contributed by atoms with Crippen molar-refractivity contribution in [3.05, 3.63) is 86.8 Å². The summed E-state index contributed by atoms with van der Waals surface area (Å²) in [5, 5.41) is 4.15. The van der Waals surface area contributed by atoms with Gasteiger partial charge < -0.3 is 19.5 Å². The zero-order chi connectivity index (χ0) is 20.6. The molecule has 0 aromatic heterocycles. The Labute approximate surface area is 184 Å². The van der Waals surface area contributed by atoms with Crippen LogP contribution in [0.2, 0.25) is 5.02 Å². The van der Waals surface area contributed by atoms with Crippen molar-refractivity contribution in [1.29, 1.82) is 0 Å². The molecule has 0 saturated carbocycles. The van der Waals surface area contributed by atoms with Gasteiger partial charge in [0.1, 0.15) is 12.4 Å². The molecule has 0 spiro atoms. The number of halogens is 2. The van der Waals surface area contributed by atoms with E-state index in [1.165, 1.54) is 0 Å². The number of hydrogen-bond acceptors (Lipinski definition) is 4. The molecule has 3 rings (SSSR count). The summed E-state index contributed by atoms with van der Waals surface area (Å²) in [5.41, 5.74) is 3.23. The van der Waals surface area contributed by atoms with E-state index in [-0.39, 0.29) is 0 Å². The Morgan fingerprint density at radius 3 is 2.31 bits per heavy atom. The van der Waals surface area contributed by atoms with Crippen LogP contribution in [0.25, 0.3) is 0 Å². The van der Waals surface area contributed by atoms with Gasteiger partial charge in [0.15, 0.2) is 11.5 Å². The number of hydrogen-bond donors (Lipinski definition) is 1. The molecule has 0 aliphatic heterocycles. The molecule has 0 atom stereocenters. The van der Waals surface area contributed by atoms with Crippen LogP contribution >= 0.6 is 27.5 Å². The second-order valence-electron chi connectivity index (χ2n) is 6.44. The maximum atomic E-state index is 5.99. The molecule has 0 saturated heterocycles. The van der Waals surface area contributed by atoms with E-state index in [2.05, 4.69) is 27.3 Å². The number of ether oxygens (including phenoxy) is 3. The van der Waals surface area contributed by atoms with E-state index in [1.807, 2.05) is 54.6 Å². The predicted molar refractivity (Wildman–Crippen MR) is 120 cm³/mol. The fourth-order valence-corrected chi connectivity index (χ4v) is 3.67. The van der Waals surface area contributed by atoms with Crippen molar-refractivity contribution in [2.45, 2.75) is 19.7 Å². The highest BCUT2D eigenvalue weighted by molar-refractivity contribution is 9.10. The monoisotopic (exact) mass is 475 g/mol. The molecular weight excluding hydrogens is 454 g/mol. The number of rotatable bonds is 9. The Bertz CT molecular complexity index is 947. The largest absolute Gasteiger partial charge is 0.496 e. The minimum Gasteiger partial charge on any atom is -0.496 e. The van der Waals surface area contributed by atoms with Gasteiger partial charge in [0.05, 0.1) is 18.7 Å². The van der Waals surface area contributed by atoms with Gasteiger partial charge in [-0.1, -0.05) is 41.9 Å². The van der Waals surface area contributed by atoms with E-state index in [1.54, 1.807) is 14.2 Å². The highest BCUT2D eigenvalue weighted by atomic mass is 79.9. The van der Waals surface area contributed by atoms with Crippen molar-refractivity contribution >= 4 is 27.5 Å². The third-order valence-corrected chi connectivity index (χ3v) is 5.26. The Balaban J connectivity index is 1.65. The van der Waals surface area contributed by atoms with Crippen LogP contribution in [-0.4, -0.2) is 14.2 Å². The normalized spacial score (nSPS) is 10.6. The lowest BCUT2D eigenvalue weighted by atomic mass is 10.1. The van der Waals surface area contributed by atoms with Gasteiger partial charge in [-0.05, 0) is 57.4 Å². The molecule has 4 nitrogen and oxygen atoms in total. The molecule has 0 heterocycles. The average Bonchev–Trinajstić information content (AvgIpc) is 2.74. The molecule has 3 aromatic carbocycles. The average molecular weight is 477 g/mol. The first-order chi connectivity index (χ1) is 14.1. The Hall–Kier alpha value is -2.21. The van der Waals surface area contributed by atoms with Crippen molar-refractivity contribution in [2.75, 3.05) is 14.2 Å². The maximum Gasteiger partial charge on any atom is 0.175 e. The van der Waals surface area contributed by atoms with Crippen LogP contribution in [0.4, 0.5) is 0 Å². The van der Waals surface area contributed by atoms with Crippen molar-refractivity contribution < 1.29 is 14.2 Å². The Morgan fingerprint density at radius 1 is 0.862 bits per heavy atom. The molecular formula is C23H23BrClNO3. The minimum absolute atomic E-state index is 0.428. The van der Waals surface area contributed by atoms with Crippen LogP contribution in [0, 0.1) is 0 Å². The van der Waals surface area contributed by atoms with Crippen molar-refractivity contribution in [3.63, 3.8) is 0 Å². The van der Waals surface area contributed by atoms with Gasteiger partial charge in [0.25, 0.3) is 0 Å². The SMILES string of the molecule is COc1ccccc1CNCc1cc(Br)c(OCc2ccc(Cl)cc2)c(OC)c1. The fraction of sp³-hybridized carbons (Fsp3) is 0.217. The third kappa shape index (κ3) is 5.89. The van der Waals surface area contributed by atoms with Crippen molar-refractivity contribution in [3.8, 4) is 17.2 Å². The van der Waals surface area contributed by atoms with Crippen LogP contribution < -0.4 is 19.5 Å². The van der Waals surface area contributed by atoms with E-state index in [0.29, 0.717) is 36.2 Å². The van der Waals surface area contributed by atoms with Crippen LogP contribution in [-0.2, 0) is 19.7 Å². The highest BCUT2D eigenvalue weighted by Gasteiger charge is 2.12. The molecule has 0 fully saturated rings. The predicted octanol–water partition coefficient (Wildman–Crippen LogP) is 5.99. The lowest BCUT2D eigenvalue weighted by Gasteiger charge is -2.15. The molecule has 6 heteroatoms. The van der Waals surface area contributed by atoms with E-state index in [4.69, 9.17) is 25.8 Å². The summed E-state index contributed by atoms with van der Waals surface area (Å²) >= 11 is 9.55. The molecule has 152 valence electrons. The summed E-state index contributed by atoms with van der Waals surface area (Å²) in [6.45, 7) is 1.82. The molecule has 0 bridgehead atoms. The number of methoxy groups -OCH3 is 2. The first-order valence-corrected chi connectivity index (χ1v) is 10.3. The second kappa shape index (κ2) is 10.5. The molecule has 0 aliphatic rings. The highest BCUT2D eigenvalue weighted by Crippen LogP contribution is 2.37. The summed E-state index contributed by atoms with van der Waals surface area (Å²) in [7, 11) is 3.33. The zero-order valence-electron chi connectivity index (χ0n) is 16.4. The zero-order valence-corrected chi connectivity index (χ0v) is 18.7. The Kier molecular flexibility index (Phi) is 7.81. The van der Waals surface area contributed by atoms with Crippen molar-refractivity contribution in [1.82, 2.24) is 5.32 Å². The summed E-state index contributed by atoms with van der Waals surface area (Å²) < 4.78 is 17.8. The lowest BCUT2D eigenvalue weighted by Crippen LogP contribution is -2.13. The van der Waals surface area contributed by atoms with Gasteiger partial charge in [-0.25, -0.2) is 0 Å². The first-order valence-electron chi connectivity index (χ1n) is 9.17. The van der Waals surface area contributed by atoms with E-state index in [9.17, 15) is 0 Å². The molecule has 0 radical (unpaired) electrons. The van der Waals surface area contributed by atoms with Crippen LogP contribution in [0.3, 0.4) is 0 Å². The topological polar surface area (TPSA) is 39.7 Å². The fourth-order valence-electron chi connectivity index (χ4n) is 2.94. The summed E-state index contributed by atoms with van der Waals surface area (Å²) in [6.07, 6.45) is 0. The van der Waals surface area contributed by atoms with Crippen LogP contribution in [0.1, 0.15) is 16.7 Å². The molecule has 1 N–H and O–H groups in total. The smallest absolute Gasteiger partial charge is 0.175 e. The molecule has 0 amide bonds. The summed E-state index contributed by atoms with van der Waals surface area (Å²) in [5.74, 6) is 2.24. The van der Waals surface area contributed by atoms with E-state index in [0.717, 1.165) is 26.9 Å². The quantitative estimate of drug-likeness (QED) is 0.412. The first kappa shape index (κ1) is 21.5. The lowest BCUT2D eigenvalue weighted by molar-refractivity contribution is 0.282. The standard InChI is InChI=1S/C23H23BrClNO3/c1-27-21-6-4-3-5-18(21)14-26-13-17-11-20(24)23(22(12-17)28-2)29-15-16-7-9-19(25)10-8-16/h3-12,26H,13-15H2,1-2H3. The molecule has 29 heavy (non-hydrogen) atoms. The number of para-hydroxylation sites is 1. The van der Waals surface area contributed by atoms with Gasteiger partial charge in [-0.3, -0.25) is 0 Å². The van der Waals surface area contributed by atoms with Crippen molar-refractivity contribution in [2.24, 2.45) is 0 Å². The summed E-state index contributed by atoms with van der Waals surface area (Å²) in [6, 6.07) is 19.6. The number of nitrogens with one attached hydrogen (secondary N) is 1. The second-order valence-corrected chi connectivity index (χ2v) is 7.73. The molecule has 3 aromatic rings. The number of benzene rings is 3. The van der Waals surface area contributed by atoms with Gasteiger partial charge in [0, 0.05) is 23.7 Å². The van der Waals surface area contributed by atoms with Gasteiger partial charge in [-0.2, -0.15) is 0 Å². The van der Waals surface area contributed by atoms with Crippen LogP contribution in [0.5, 0.6) is 17.2 Å². The summed E-state index contributed by atoms with van der Waals surface area (Å²) in [4.78, 5) is 0.